The van der Waals surface area contributed by atoms with E-state index in [1.807, 2.05) is 36.4 Å². The molecular formula is C16H17BrClNO2. The normalized spacial score (nSPS) is 10.6. The summed E-state index contributed by atoms with van der Waals surface area (Å²) in [5, 5.41) is 3.88. The molecule has 0 atom stereocenters. The van der Waals surface area contributed by atoms with Crippen LogP contribution in [0.1, 0.15) is 5.56 Å². The molecule has 2 aromatic carbocycles. The van der Waals surface area contributed by atoms with Crippen LogP contribution in [-0.2, 0) is 11.3 Å². The van der Waals surface area contributed by atoms with Crippen molar-refractivity contribution >= 4 is 27.5 Å². The minimum absolute atomic E-state index is 0.587. The van der Waals surface area contributed by atoms with Crippen LogP contribution in [0.15, 0.2) is 46.9 Å². The second kappa shape index (κ2) is 8.39. The zero-order valence-electron chi connectivity index (χ0n) is 11.7. The summed E-state index contributed by atoms with van der Waals surface area (Å²) in [4.78, 5) is 0. The fourth-order valence-electron chi connectivity index (χ4n) is 1.76. The van der Waals surface area contributed by atoms with E-state index in [0.717, 1.165) is 23.3 Å². The molecule has 0 fully saturated rings. The van der Waals surface area contributed by atoms with Crippen LogP contribution >= 0.6 is 27.5 Å². The van der Waals surface area contributed by atoms with E-state index < -0.39 is 0 Å². The average Bonchev–Trinajstić information content (AvgIpc) is 2.49. The predicted octanol–water partition coefficient (Wildman–Crippen LogP) is 4.63. The summed E-state index contributed by atoms with van der Waals surface area (Å²) in [6.07, 6.45) is 0. The molecule has 0 saturated carbocycles. The summed E-state index contributed by atoms with van der Waals surface area (Å²) in [5.41, 5.74) is 1.19. The largest absolute Gasteiger partial charge is 0.456 e. The summed E-state index contributed by atoms with van der Waals surface area (Å²) in [5.74, 6) is 1.40. The van der Waals surface area contributed by atoms with Crippen LogP contribution in [0.4, 0.5) is 0 Å². The highest BCUT2D eigenvalue weighted by Crippen LogP contribution is 2.31. The van der Waals surface area contributed by atoms with E-state index in [9.17, 15) is 0 Å². The highest BCUT2D eigenvalue weighted by molar-refractivity contribution is 9.10. The molecule has 0 unspecified atom stereocenters. The first-order valence-corrected chi connectivity index (χ1v) is 7.77. The lowest BCUT2D eigenvalue weighted by atomic mass is 10.2. The molecule has 0 radical (unpaired) electrons. The van der Waals surface area contributed by atoms with Crippen LogP contribution in [0.3, 0.4) is 0 Å². The number of methoxy groups -OCH3 is 1. The van der Waals surface area contributed by atoms with Gasteiger partial charge in [-0.15, -0.1) is 0 Å². The molecule has 0 saturated heterocycles. The van der Waals surface area contributed by atoms with Crippen molar-refractivity contribution in [2.75, 3.05) is 20.3 Å². The number of hydrogen-bond donors (Lipinski definition) is 1. The van der Waals surface area contributed by atoms with Gasteiger partial charge in [0.05, 0.1) is 11.6 Å². The topological polar surface area (TPSA) is 30.5 Å². The smallest absolute Gasteiger partial charge is 0.147 e. The maximum absolute atomic E-state index is 6.11. The minimum atomic E-state index is 0.587. The van der Waals surface area contributed by atoms with Crippen LogP contribution in [0.25, 0.3) is 0 Å². The summed E-state index contributed by atoms with van der Waals surface area (Å²) in [6, 6.07) is 13.5. The van der Waals surface area contributed by atoms with Crippen molar-refractivity contribution in [1.29, 1.82) is 0 Å². The second-order valence-electron chi connectivity index (χ2n) is 4.49. The Labute approximate surface area is 138 Å². The number of hydrogen-bond acceptors (Lipinski definition) is 3. The third-order valence-electron chi connectivity index (χ3n) is 2.86. The number of nitrogens with one attached hydrogen (secondary N) is 1. The van der Waals surface area contributed by atoms with E-state index in [-0.39, 0.29) is 0 Å². The van der Waals surface area contributed by atoms with E-state index in [2.05, 4.69) is 21.2 Å². The zero-order chi connectivity index (χ0) is 15.1. The number of ether oxygens (including phenoxy) is 2. The Bertz CT molecular complexity index is 575. The first kappa shape index (κ1) is 16.3. The van der Waals surface area contributed by atoms with Gasteiger partial charge in [-0.1, -0.05) is 39.7 Å². The molecule has 21 heavy (non-hydrogen) atoms. The lowest BCUT2D eigenvalue weighted by Crippen LogP contribution is -2.18. The highest BCUT2D eigenvalue weighted by Gasteiger charge is 2.04. The number of halogens is 2. The Morgan fingerprint density at radius 3 is 2.62 bits per heavy atom. The third-order valence-corrected chi connectivity index (χ3v) is 3.66. The summed E-state index contributed by atoms with van der Waals surface area (Å²) >= 11 is 9.51. The Morgan fingerprint density at radius 2 is 1.90 bits per heavy atom. The van der Waals surface area contributed by atoms with Crippen LogP contribution in [0, 0.1) is 0 Å². The van der Waals surface area contributed by atoms with Gasteiger partial charge in [-0.05, 0) is 35.9 Å². The van der Waals surface area contributed by atoms with E-state index in [0.29, 0.717) is 17.4 Å². The van der Waals surface area contributed by atoms with Crippen LogP contribution in [0.2, 0.25) is 5.02 Å². The molecule has 0 amide bonds. The zero-order valence-corrected chi connectivity index (χ0v) is 14.1. The Morgan fingerprint density at radius 1 is 1.14 bits per heavy atom. The Kier molecular flexibility index (Phi) is 6.51. The summed E-state index contributed by atoms with van der Waals surface area (Å²) in [6.45, 7) is 2.35. The minimum Gasteiger partial charge on any atom is -0.456 e. The van der Waals surface area contributed by atoms with Crippen LogP contribution < -0.4 is 10.1 Å². The monoisotopic (exact) mass is 369 g/mol. The molecule has 1 N–H and O–H groups in total. The number of rotatable bonds is 7. The van der Waals surface area contributed by atoms with Gasteiger partial charge in [0.1, 0.15) is 11.5 Å². The molecule has 0 heterocycles. The van der Waals surface area contributed by atoms with Gasteiger partial charge in [0, 0.05) is 24.7 Å². The van der Waals surface area contributed by atoms with Crippen molar-refractivity contribution in [2.45, 2.75) is 6.54 Å². The summed E-state index contributed by atoms with van der Waals surface area (Å²) in [7, 11) is 1.70. The molecule has 0 aliphatic carbocycles. The molecule has 0 aromatic heterocycles. The SMILES string of the molecule is COCCNCc1ccc(Oc2cc(Br)ccc2Cl)cc1. The first-order chi connectivity index (χ1) is 10.2. The number of benzene rings is 2. The van der Waals surface area contributed by atoms with Gasteiger partial charge in [0.15, 0.2) is 0 Å². The van der Waals surface area contributed by atoms with Crippen molar-refractivity contribution in [3.8, 4) is 11.5 Å². The molecule has 2 rings (SSSR count). The van der Waals surface area contributed by atoms with Gasteiger partial charge in [-0.2, -0.15) is 0 Å². The van der Waals surface area contributed by atoms with E-state index in [4.69, 9.17) is 21.1 Å². The van der Waals surface area contributed by atoms with Crippen molar-refractivity contribution in [3.05, 3.63) is 57.5 Å². The van der Waals surface area contributed by atoms with Gasteiger partial charge in [-0.3, -0.25) is 0 Å². The standard InChI is InChI=1S/C16H17BrClNO2/c1-20-9-8-19-11-12-2-5-14(6-3-12)21-16-10-13(17)4-7-15(16)18/h2-7,10,19H,8-9,11H2,1H3. The van der Waals surface area contributed by atoms with Crippen LogP contribution in [-0.4, -0.2) is 20.3 Å². The maximum atomic E-state index is 6.11. The van der Waals surface area contributed by atoms with Crippen molar-refractivity contribution in [2.24, 2.45) is 0 Å². The Balaban J connectivity index is 1.94. The fraction of sp³-hybridized carbons (Fsp3) is 0.250. The molecule has 0 spiro atoms. The summed E-state index contributed by atoms with van der Waals surface area (Å²) < 4.78 is 11.7. The average molecular weight is 371 g/mol. The first-order valence-electron chi connectivity index (χ1n) is 6.60. The van der Waals surface area contributed by atoms with Gasteiger partial charge in [0.2, 0.25) is 0 Å². The van der Waals surface area contributed by atoms with E-state index in [1.54, 1.807) is 13.2 Å². The molecule has 3 nitrogen and oxygen atoms in total. The van der Waals surface area contributed by atoms with Gasteiger partial charge in [0.25, 0.3) is 0 Å². The lowest BCUT2D eigenvalue weighted by molar-refractivity contribution is 0.199. The molecule has 2 aromatic rings. The van der Waals surface area contributed by atoms with Crippen molar-refractivity contribution in [1.82, 2.24) is 5.32 Å². The molecular weight excluding hydrogens is 354 g/mol. The molecule has 0 aliphatic rings. The van der Waals surface area contributed by atoms with Crippen molar-refractivity contribution < 1.29 is 9.47 Å². The molecule has 112 valence electrons. The second-order valence-corrected chi connectivity index (χ2v) is 5.81. The van der Waals surface area contributed by atoms with E-state index in [1.165, 1.54) is 5.56 Å². The highest BCUT2D eigenvalue weighted by atomic mass is 79.9. The van der Waals surface area contributed by atoms with Crippen molar-refractivity contribution in [3.63, 3.8) is 0 Å². The lowest BCUT2D eigenvalue weighted by Gasteiger charge is -2.09. The fourth-order valence-corrected chi connectivity index (χ4v) is 2.26. The van der Waals surface area contributed by atoms with Crippen LogP contribution in [0.5, 0.6) is 11.5 Å². The third kappa shape index (κ3) is 5.32. The van der Waals surface area contributed by atoms with Gasteiger partial charge < -0.3 is 14.8 Å². The van der Waals surface area contributed by atoms with Gasteiger partial charge >= 0.3 is 0 Å². The Hall–Kier alpha value is -1.07. The quantitative estimate of drug-likeness (QED) is 0.721. The van der Waals surface area contributed by atoms with E-state index >= 15 is 0 Å². The molecule has 5 heteroatoms. The molecule has 0 bridgehead atoms. The maximum Gasteiger partial charge on any atom is 0.147 e. The predicted molar refractivity (Wildman–Crippen MR) is 89.3 cm³/mol. The van der Waals surface area contributed by atoms with Gasteiger partial charge in [-0.25, -0.2) is 0 Å². The molecule has 0 aliphatic heterocycles.